The van der Waals surface area contributed by atoms with Crippen molar-refractivity contribution in [1.82, 2.24) is 4.90 Å². The summed E-state index contributed by atoms with van der Waals surface area (Å²) in [5.74, 6) is 1.06. The molecule has 0 saturated carbocycles. The summed E-state index contributed by atoms with van der Waals surface area (Å²) in [6, 6.07) is 14.7. The van der Waals surface area contributed by atoms with Gasteiger partial charge in [-0.2, -0.15) is 0 Å². The van der Waals surface area contributed by atoms with Crippen molar-refractivity contribution < 1.29 is 9.53 Å². The SMILES string of the molecule is CCc1ccc2c(c1)C=C(C(=O)N1CCN(c3ccc(OC)cc3)CC1)C2. The van der Waals surface area contributed by atoms with Crippen molar-refractivity contribution in [3.05, 3.63) is 64.7 Å². The minimum absolute atomic E-state index is 0.193. The number of hydrogen-bond donors (Lipinski definition) is 0. The van der Waals surface area contributed by atoms with Gasteiger partial charge in [-0.1, -0.05) is 25.1 Å². The fourth-order valence-electron chi connectivity index (χ4n) is 3.90. The van der Waals surface area contributed by atoms with Crippen LogP contribution in [0.4, 0.5) is 5.69 Å². The lowest BCUT2D eigenvalue weighted by molar-refractivity contribution is -0.127. The molecule has 1 aliphatic heterocycles. The third kappa shape index (κ3) is 3.57. The van der Waals surface area contributed by atoms with Crippen molar-refractivity contribution in [2.75, 3.05) is 38.2 Å². The summed E-state index contributed by atoms with van der Waals surface area (Å²) in [6.45, 7) is 5.41. The molecule has 0 atom stereocenters. The van der Waals surface area contributed by atoms with Gasteiger partial charge >= 0.3 is 0 Å². The van der Waals surface area contributed by atoms with Crippen LogP contribution in [0.5, 0.6) is 5.75 Å². The first-order valence-electron chi connectivity index (χ1n) is 9.68. The summed E-state index contributed by atoms with van der Waals surface area (Å²) in [5, 5.41) is 0. The molecule has 27 heavy (non-hydrogen) atoms. The molecule has 0 N–H and O–H groups in total. The third-order valence-electron chi connectivity index (χ3n) is 5.61. The summed E-state index contributed by atoms with van der Waals surface area (Å²) in [7, 11) is 1.68. The van der Waals surface area contributed by atoms with Crippen molar-refractivity contribution >= 4 is 17.7 Å². The lowest BCUT2D eigenvalue weighted by atomic mass is 10.0. The number of benzene rings is 2. The van der Waals surface area contributed by atoms with E-state index in [1.54, 1.807) is 7.11 Å². The smallest absolute Gasteiger partial charge is 0.250 e. The standard InChI is InChI=1S/C23H26N2O2/c1-3-17-4-5-18-15-20(16-19(18)14-17)23(26)25-12-10-24(11-13-25)21-6-8-22(27-2)9-7-21/h4-9,14,16H,3,10-13,15H2,1-2H3. The molecule has 0 unspecified atom stereocenters. The molecule has 0 bridgehead atoms. The molecule has 1 amide bonds. The van der Waals surface area contributed by atoms with Gasteiger partial charge in [-0.15, -0.1) is 0 Å². The van der Waals surface area contributed by atoms with Crippen molar-refractivity contribution in [3.63, 3.8) is 0 Å². The number of fused-ring (bicyclic) bond motifs is 1. The van der Waals surface area contributed by atoms with Crippen LogP contribution >= 0.6 is 0 Å². The number of anilines is 1. The minimum atomic E-state index is 0.193. The highest BCUT2D eigenvalue weighted by Gasteiger charge is 2.26. The van der Waals surface area contributed by atoms with Gasteiger partial charge in [0.15, 0.2) is 0 Å². The van der Waals surface area contributed by atoms with Crippen LogP contribution in [0.15, 0.2) is 48.0 Å². The number of ether oxygens (including phenoxy) is 1. The second-order valence-electron chi connectivity index (χ2n) is 7.21. The highest BCUT2D eigenvalue weighted by Crippen LogP contribution is 2.28. The van der Waals surface area contributed by atoms with Crippen LogP contribution in [-0.4, -0.2) is 44.1 Å². The molecule has 2 aliphatic rings. The highest BCUT2D eigenvalue weighted by atomic mass is 16.5. The monoisotopic (exact) mass is 362 g/mol. The average molecular weight is 362 g/mol. The number of nitrogens with zero attached hydrogens (tertiary/aromatic N) is 2. The van der Waals surface area contributed by atoms with Crippen molar-refractivity contribution in [2.24, 2.45) is 0 Å². The summed E-state index contributed by atoms with van der Waals surface area (Å²) in [4.78, 5) is 17.3. The van der Waals surface area contributed by atoms with Crippen LogP contribution in [0.1, 0.15) is 23.6 Å². The molecule has 0 radical (unpaired) electrons. The lowest BCUT2D eigenvalue weighted by Gasteiger charge is -2.36. The molecule has 0 aromatic heterocycles. The van der Waals surface area contributed by atoms with E-state index in [2.05, 4.69) is 48.2 Å². The predicted octanol–water partition coefficient (Wildman–Crippen LogP) is 3.55. The Morgan fingerprint density at radius 2 is 1.78 bits per heavy atom. The Morgan fingerprint density at radius 3 is 2.44 bits per heavy atom. The summed E-state index contributed by atoms with van der Waals surface area (Å²) in [6.07, 6.45) is 3.88. The van der Waals surface area contributed by atoms with Crippen LogP contribution in [-0.2, 0) is 17.6 Å². The molecule has 4 nitrogen and oxygen atoms in total. The van der Waals surface area contributed by atoms with Gasteiger partial charge in [0.1, 0.15) is 5.75 Å². The largest absolute Gasteiger partial charge is 0.497 e. The first-order valence-corrected chi connectivity index (χ1v) is 9.68. The maximum Gasteiger partial charge on any atom is 0.250 e. The zero-order chi connectivity index (χ0) is 18.8. The van der Waals surface area contributed by atoms with E-state index in [4.69, 9.17) is 4.74 Å². The summed E-state index contributed by atoms with van der Waals surface area (Å²) >= 11 is 0. The minimum Gasteiger partial charge on any atom is -0.497 e. The molecule has 1 fully saturated rings. The van der Waals surface area contributed by atoms with Gasteiger partial charge in [0.25, 0.3) is 0 Å². The van der Waals surface area contributed by atoms with E-state index in [0.29, 0.717) is 0 Å². The number of carbonyl (C=O) groups excluding carboxylic acids is 1. The second-order valence-corrected chi connectivity index (χ2v) is 7.21. The number of carbonyl (C=O) groups is 1. The van der Waals surface area contributed by atoms with Crippen LogP contribution in [0.3, 0.4) is 0 Å². The summed E-state index contributed by atoms with van der Waals surface area (Å²) in [5.41, 5.74) is 5.92. The fraction of sp³-hybridized carbons (Fsp3) is 0.348. The maximum absolute atomic E-state index is 13.0. The Labute approximate surface area is 161 Å². The predicted molar refractivity (Wildman–Crippen MR) is 109 cm³/mol. The van der Waals surface area contributed by atoms with E-state index in [0.717, 1.165) is 50.3 Å². The van der Waals surface area contributed by atoms with Crippen molar-refractivity contribution in [2.45, 2.75) is 19.8 Å². The Hall–Kier alpha value is -2.75. The van der Waals surface area contributed by atoms with E-state index >= 15 is 0 Å². The molecule has 1 heterocycles. The Morgan fingerprint density at radius 1 is 1.04 bits per heavy atom. The normalized spacial score (nSPS) is 16.1. The van der Waals surface area contributed by atoms with Gasteiger partial charge in [-0.05, 0) is 53.5 Å². The molecular weight excluding hydrogens is 336 g/mol. The van der Waals surface area contributed by atoms with E-state index in [1.807, 2.05) is 17.0 Å². The fourth-order valence-corrected chi connectivity index (χ4v) is 3.90. The molecule has 4 rings (SSSR count). The topological polar surface area (TPSA) is 32.8 Å². The van der Waals surface area contributed by atoms with Gasteiger partial charge in [0, 0.05) is 43.9 Å². The zero-order valence-electron chi connectivity index (χ0n) is 16.1. The van der Waals surface area contributed by atoms with Gasteiger partial charge in [0.05, 0.1) is 7.11 Å². The van der Waals surface area contributed by atoms with Crippen molar-refractivity contribution in [3.8, 4) is 5.75 Å². The first kappa shape index (κ1) is 17.7. The molecule has 1 saturated heterocycles. The Balaban J connectivity index is 1.39. The Kier molecular flexibility index (Phi) is 4.88. The Bertz CT molecular complexity index is 862. The van der Waals surface area contributed by atoms with Crippen LogP contribution < -0.4 is 9.64 Å². The van der Waals surface area contributed by atoms with Crippen LogP contribution in [0.2, 0.25) is 0 Å². The van der Waals surface area contributed by atoms with Crippen LogP contribution in [0, 0.1) is 0 Å². The highest BCUT2D eigenvalue weighted by molar-refractivity contribution is 6.00. The zero-order valence-corrected chi connectivity index (χ0v) is 16.1. The van der Waals surface area contributed by atoms with E-state index in [-0.39, 0.29) is 5.91 Å². The van der Waals surface area contributed by atoms with Crippen LogP contribution in [0.25, 0.3) is 6.08 Å². The van der Waals surface area contributed by atoms with E-state index < -0.39 is 0 Å². The van der Waals surface area contributed by atoms with Crippen molar-refractivity contribution in [1.29, 1.82) is 0 Å². The molecule has 2 aromatic carbocycles. The molecule has 1 aliphatic carbocycles. The number of aryl methyl sites for hydroxylation is 1. The number of methoxy groups -OCH3 is 1. The maximum atomic E-state index is 13.0. The van der Waals surface area contributed by atoms with E-state index in [9.17, 15) is 4.79 Å². The number of amides is 1. The van der Waals surface area contributed by atoms with Gasteiger partial charge < -0.3 is 14.5 Å². The molecule has 2 aromatic rings. The lowest BCUT2D eigenvalue weighted by Crippen LogP contribution is -2.49. The number of hydrogen-bond acceptors (Lipinski definition) is 3. The van der Waals surface area contributed by atoms with Gasteiger partial charge in [0.2, 0.25) is 5.91 Å². The molecular formula is C23H26N2O2. The molecule has 140 valence electrons. The number of rotatable bonds is 4. The second kappa shape index (κ2) is 7.47. The first-order chi connectivity index (χ1) is 13.2. The quantitative estimate of drug-likeness (QED) is 0.834. The van der Waals surface area contributed by atoms with Gasteiger partial charge in [-0.3, -0.25) is 4.79 Å². The summed E-state index contributed by atoms with van der Waals surface area (Å²) < 4.78 is 5.23. The average Bonchev–Trinajstić information content (AvgIpc) is 3.16. The van der Waals surface area contributed by atoms with Gasteiger partial charge in [-0.25, -0.2) is 0 Å². The number of piperazine rings is 1. The van der Waals surface area contributed by atoms with E-state index in [1.165, 1.54) is 22.4 Å². The molecule has 0 spiro atoms. The third-order valence-corrected chi connectivity index (χ3v) is 5.61. The molecule has 4 heteroatoms.